The smallest absolute Gasteiger partial charge is 0.0729 e. The highest BCUT2D eigenvalue weighted by molar-refractivity contribution is 5.07. The van der Waals surface area contributed by atoms with Crippen molar-refractivity contribution in [1.82, 2.24) is 9.78 Å². The molecule has 2 saturated carbocycles. The predicted octanol–water partition coefficient (Wildman–Crippen LogP) is 4.12. The van der Waals surface area contributed by atoms with Crippen LogP contribution < -0.4 is 0 Å². The molecule has 3 atom stereocenters. The molecule has 0 spiro atoms. The number of nitrogens with zero attached hydrogens (tertiary/aromatic N) is 2. The summed E-state index contributed by atoms with van der Waals surface area (Å²) in [7, 11) is 0. The van der Waals surface area contributed by atoms with E-state index in [1.807, 2.05) is 0 Å². The molecule has 2 aliphatic rings. The van der Waals surface area contributed by atoms with Crippen LogP contribution >= 0.6 is 0 Å². The summed E-state index contributed by atoms with van der Waals surface area (Å²) in [4.78, 5) is 0. The van der Waals surface area contributed by atoms with Gasteiger partial charge in [-0.05, 0) is 50.0 Å². The third-order valence-corrected chi connectivity index (χ3v) is 5.84. The molecule has 3 unspecified atom stereocenters. The predicted molar refractivity (Wildman–Crippen MR) is 85.2 cm³/mol. The van der Waals surface area contributed by atoms with E-state index in [9.17, 15) is 5.11 Å². The van der Waals surface area contributed by atoms with Gasteiger partial charge in [-0.25, -0.2) is 0 Å². The summed E-state index contributed by atoms with van der Waals surface area (Å²) in [6.45, 7) is 4.50. The van der Waals surface area contributed by atoms with Gasteiger partial charge in [-0.3, -0.25) is 4.68 Å². The Kier molecular flexibility index (Phi) is 4.39. The monoisotopic (exact) mass is 290 g/mol. The van der Waals surface area contributed by atoms with Gasteiger partial charge in [-0.2, -0.15) is 5.10 Å². The lowest BCUT2D eigenvalue weighted by Crippen LogP contribution is -2.43. The van der Waals surface area contributed by atoms with Gasteiger partial charge < -0.3 is 5.11 Å². The van der Waals surface area contributed by atoms with Crippen molar-refractivity contribution in [1.29, 1.82) is 0 Å². The third-order valence-electron chi connectivity index (χ3n) is 5.84. The van der Waals surface area contributed by atoms with E-state index >= 15 is 0 Å². The molecule has 21 heavy (non-hydrogen) atoms. The quantitative estimate of drug-likeness (QED) is 0.909. The molecule has 0 bridgehead atoms. The standard InChI is InChI=1S/C18H30N2O/c1-14-8-10-18(21,15(2)12-14)13-16-9-11-20(19-16)17-6-4-3-5-7-17/h9,11,14-15,17,21H,3-8,10,12-13H2,1-2H3. The van der Waals surface area contributed by atoms with Gasteiger partial charge in [-0.15, -0.1) is 0 Å². The van der Waals surface area contributed by atoms with Crippen LogP contribution in [0.4, 0.5) is 0 Å². The molecular formula is C18H30N2O. The molecular weight excluding hydrogens is 260 g/mol. The normalized spacial score (nSPS) is 35.0. The lowest BCUT2D eigenvalue weighted by molar-refractivity contribution is -0.0530. The van der Waals surface area contributed by atoms with Crippen LogP contribution in [0, 0.1) is 11.8 Å². The van der Waals surface area contributed by atoms with E-state index in [-0.39, 0.29) is 0 Å². The summed E-state index contributed by atoms with van der Waals surface area (Å²) < 4.78 is 2.16. The van der Waals surface area contributed by atoms with Gasteiger partial charge in [0.05, 0.1) is 17.3 Å². The average molecular weight is 290 g/mol. The molecule has 2 aliphatic carbocycles. The van der Waals surface area contributed by atoms with Crippen LogP contribution in [0.2, 0.25) is 0 Å². The van der Waals surface area contributed by atoms with Crippen molar-refractivity contribution in [3.63, 3.8) is 0 Å². The first-order valence-electron chi connectivity index (χ1n) is 8.83. The summed E-state index contributed by atoms with van der Waals surface area (Å²) in [5, 5.41) is 15.8. The maximum Gasteiger partial charge on any atom is 0.0729 e. The topological polar surface area (TPSA) is 38.0 Å². The zero-order chi connectivity index (χ0) is 14.9. The summed E-state index contributed by atoms with van der Waals surface area (Å²) in [6, 6.07) is 2.71. The first-order chi connectivity index (χ1) is 10.1. The van der Waals surface area contributed by atoms with Crippen molar-refractivity contribution < 1.29 is 5.11 Å². The molecule has 0 amide bonds. The maximum atomic E-state index is 11.0. The first kappa shape index (κ1) is 15.1. The van der Waals surface area contributed by atoms with Crippen LogP contribution in [0.3, 0.4) is 0 Å². The second kappa shape index (κ2) is 6.12. The van der Waals surface area contributed by atoms with Crippen molar-refractivity contribution in [2.45, 2.75) is 83.3 Å². The van der Waals surface area contributed by atoms with Crippen LogP contribution in [-0.4, -0.2) is 20.5 Å². The van der Waals surface area contributed by atoms with Crippen LogP contribution in [-0.2, 0) is 6.42 Å². The van der Waals surface area contributed by atoms with Crippen molar-refractivity contribution in [2.24, 2.45) is 11.8 Å². The third kappa shape index (κ3) is 3.33. The maximum absolute atomic E-state index is 11.0. The highest BCUT2D eigenvalue weighted by Gasteiger charge is 2.38. The number of aromatic nitrogens is 2. The van der Waals surface area contributed by atoms with Gasteiger partial charge in [0.25, 0.3) is 0 Å². The van der Waals surface area contributed by atoms with E-state index in [1.165, 1.54) is 32.1 Å². The van der Waals surface area contributed by atoms with Gasteiger partial charge in [0.15, 0.2) is 0 Å². The second-order valence-electron chi connectivity index (χ2n) is 7.64. The molecule has 3 heteroatoms. The summed E-state index contributed by atoms with van der Waals surface area (Å²) in [6.07, 6.45) is 12.6. The second-order valence-corrected chi connectivity index (χ2v) is 7.64. The van der Waals surface area contributed by atoms with E-state index in [0.29, 0.717) is 12.0 Å². The number of aliphatic hydroxyl groups is 1. The minimum absolute atomic E-state index is 0.376. The fraction of sp³-hybridized carbons (Fsp3) is 0.833. The van der Waals surface area contributed by atoms with E-state index in [2.05, 4.69) is 30.8 Å². The largest absolute Gasteiger partial charge is 0.389 e. The van der Waals surface area contributed by atoms with Gasteiger partial charge in [0.1, 0.15) is 0 Å². The van der Waals surface area contributed by atoms with Crippen LogP contribution in [0.25, 0.3) is 0 Å². The molecule has 0 saturated heterocycles. The van der Waals surface area contributed by atoms with Crippen LogP contribution in [0.15, 0.2) is 12.3 Å². The Balaban J connectivity index is 1.66. The summed E-state index contributed by atoms with van der Waals surface area (Å²) in [5.74, 6) is 1.13. The van der Waals surface area contributed by atoms with Crippen LogP contribution in [0.1, 0.15) is 76.9 Å². The molecule has 1 N–H and O–H groups in total. The van der Waals surface area contributed by atoms with E-state index in [1.54, 1.807) is 0 Å². The lowest BCUT2D eigenvalue weighted by Gasteiger charge is -2.40. The Morgan fingerprint density at radius 2 is 2.00 bits per heavy atom. The van der Waals surface area contributed by atoms with E-state index in [4.69, 9.17) is 5.10 Å². The van der Waals surface area contributed by atoms with Gasteiger partial charge in [0, 0.05) is 12.6 Å². The van der Waals surface area contributed by atoms with Crippen LogP contribution in [0.5, 0.6) is 0 Å². The highest BCUT2D eigenvalue weighted by Crippen LogP contribution is 2.38. The Morgan fingerprint density at radius 1 is 1.24 bits per heavy atom. The number of hydrogen-bond acceptors (Lipinski definition) is 2. The molecule has 0 aromatic carbocycles. The Morgan fingerprint density at radius 3 is 2.71 bits per heavy atom. The van der Waals surface area contributed by atoms with Crippen molar-refractivity contribution in [3.05, 3.63) is 18.0 Å². The minimum atomic E-state index is -0.543. The first-order valence-corrected chi connectivity index (χ1v) is 8.83. The lowest BCUT2D eigenvalue weighted by atomic mass is 9.70. The Bertz CT molecular complexity index is 464. The SMILES string of the molecule is CC1CCC(O)(Cc2ccn(C3CCCCC3)n2)C(C)C1. The van der Waals surface area contributed by atoms with E-state index in [0.717, 1.165) is 37.3 Å². The zero-order valence-electron chi connectivity index (χ0n) is 13.6. The molecule has 3 rings (SSSR count). The van der Waals surface area contributed by atoms with Gasteiger partial charge >= 0.3 is 0 Å². The van der Waals surface area contributed by atoms with Gasteiger partial charge in [0.2, 0.25) is 0 Å². The average Bonchev–Trinajstić information content (AvgIpc) is 2.93. The molecule has 1 aromatic rings. The fourth-order valence-electron chi connectivity index (χ4n) is 4.28. The number of rotatable bonds is 3. The molecule has 1 aromatic heterocycles. The highest BCUT2D eigenvalue weighted by atomic mass is 16.3. The van der Waals surface area contributed by atoms with E-state index < -0.39 is 5.60 Å². The zero-order valence-corrected chi connectivity index (χ0v) is 13.6. The summed E-state index contributed by atoms with van der Waals surface area (Å²) >= 11 is 0. The molecule has 3 nitrogen and oxygen atoms in total. The molecule has 118 valence electrons. The minimum Gasteiger partial charge on any atom is -0.389 e. The fourth-order valence-corrected chi connectivity index (χ4v) is 4.28. The Labute approximate surface area is 128 Å². The van der Waals surface area contributed by atoms with Crippen molar-refractivity contribution in [2.75, 3.05) is 0 Å². The van der Waals surface area contributed by atoms with Gasteiger partial charge in [-0.1, -0.05) is 33.1 Å². The molecule has 0 radical (unpaired) electrons. The Hall–Kier alpha value is -0.830. The van der Waals surface area contributed by atoms with Crippen molar-refractivity contribution >= 4 is 0 Å². The molecule has 0 aliphatic heterocycles. The number of hydrogen-bond donors (Lipinski definition) is 1. The molecule has 1 heterocycles. The van der Waals surface area contributed by atoms with Crippen molar-refractivity contribution in [3.8, 4) is 0 Å². The molecule has 2 fully saturated rings. The summed E-state index contributed by atoms with van der Waals surface area (Å²) in [5.41, 5.74) is 0.530.